The minimum Gasteiger partial charge on any atom is -0.489 e. The predicted octanol–water partition coefficient (Wildman–Crippen LogP) is 7.70. The molecular weight excluding hydrogens is 472 g/mol. The van der Waals surface area contributed by atoms with E-state index >= 15 is 0 Å². The lowest BCUT2D eigenvalue weighted by atomic mass is 9.82. The van der Waals surface area contributed by atoms with Crippen molar-refractivity contribution in [3.63, 3.8) is 0 Å². The summed E-state index contributed by atoms with van der Waals surface area (Å²) in [6.45, 7) is 1.99. The fourth-order valence-corrected chi connectivity index (χ4v) is 4.67. The third-order valence-electron chi connectivity index (χ3n) is 6.82. The van der Waals surface area contributed by atoms with Crippen LogP contribution in [0.3, 0.4) is 0 Å². The van der Waals surface area contributed by atoms with Gasteiger partial charge < -0.3 is 14.2 Å². The van der Waals surface area contributed by atoms with Crippen LogP contribution >= 0.6 is 0 Å². The van der Waals surface area contributed by atoms with Crippen molar-refractivity contribution >= 4 is 0 Å². The van der Waals surface area contributed by atoms with E-state index in [1.54, 1.807) is 50.4 Å². The summed E-state index contributed by atoms with van der Waals surface area (Å²) in [6, 6.07) is 12.6. The van der Waals surface area contributed by atoms with Crippen LogP contribution in [-0.2, 0) is 22.7 Å². The minimum atomic E-state index is -0.975. The normalized spacial score (nSPS) is 17.8. The highest BCUT2D eigenvalue weighted by molar-refractivity contribution is 5.65. The monoisotopic (exact) mass is 502 g/mol. The van der Waals surface area contributed by atoms with Crippen molar-refractivity contribution in [3.05, 3.63) is 88.5 Å². The van der Waals surface area contributed by atoms with Crippen LogP contribution in [0.15, 0.2) is 48.5 Å². The van der Waals surface area contributed by atoms with Crippen LogP contribution in [0.4, 0.5) is 17.6 Å². The maximum Gasteiger partial charge on any atom is 0.166 e. The summed E-state index contributed by atoms with van der Waals surface area (Å²) in [5, 5.41) is 0. The maximum atomic E-state index is 15.0. The molecule has 36 heavy (non-hydrogen) atoms. The van der Waals surface area contributed by atoms with Crippen molar-refractivity contribution < 1.29 is 31.8 Å². The first kappa shape index (κ1) is 26.2. The van der Waals surface area contributed by atoms with Crippen molar-refractivity contribution in [2.45, 2.75) is 57.8 Å². The SMILES string of the molecule is CCOCc1ccc(COc2ccc(-c3ccc(C4CCC(OC)CC4)c(F)c3F)cc2)c(F)c1F. The van der Waals surface area contributed by atoms with Crippen LogP contribution < -0.4 is 4.74 Å². The summed E-state index contributed by atoms with van der Waals surface area (Å²) in [6.07, 6.45) is 3.38. The van der Waals surface area contributed by atoms with Gasteiger partial charge in [-0.1, -0.05) is 36.4 Å². The van der Waals surface area contributed by atoms with Gasteiger partial charge in [-0.25, -0.2) is 17.6 Å². The van der Waals surface area contributed by atoms with Crippen molar-refractivity contribution in [2.24, 2.45) is 0 Å². The third kappa shape index (κ3) is 5.73. The number of rotatable bonds is 9. The molecule has 4 rings (SSSR count). The van der Waals surface area contributed by atoms with E-state index in [0.29, 0.717) is 23.5 Å². The lowest BCUT2D eigenvalue weighted by Gasteiger charge is -2.28. The Morgan fingerprint density at radius 1 is 0.722 bits per heavy atom. The summed E-state index contributed by atoms with van der Waals surface area (Å²) >= 11 is 0. The Labute approximate surface area is 209 Å². The molecule has 0 N–H and O–H groups in total. The highest BCUT2D eigenvalue weighted by Crippen LogP contribution is 2.38. The Bertz CT molecular complexity index is 1170. The second-order valence-corrected chi connectivity index (χ2v) is 9.00. The van der Waals surface area contributed by atoms with Crippen molar-refractivity contribution in [1.29, 1.82) is 0 Å². The smallest absolute Gasteiger partial charge is 0.166 e. The van der Waals surface area contributed by atoms with E-state index in [1.807, 2.05) is 0 Å². The molecule has 1 aliphatic carbocycles. The summed E-state index contributed by atoms with van der Waals surface area (Å²) in [5.74, 6) is -3.23. The standard InChI is InChI=1S/C29H30F4O3/c1-3-35-16-20-4-5-21(27(31)26(20)30)17-36-23-12-8-19(9-13-23)25-15-14-24(28(32)29(25)33)18-6-10-22(34-2)11-7-18/h4-5,8-9,12-15,18,22H,3,6-7,10-11,16-17H2,1-2H3. The van der Waals surface area contributed by atoms with Crippen LogP contribution in [0.1, 0.15) is 55.2 Å². The molecule has 0 saturated heterocycles. The molecule has 0 atom stereocenters. The van der Waals surface area contributed by atoms with Gasteiger partial charge in [-0.3, -0.25) is 0 Å². The minimum absolute atomic E-state index is 0.00504. The maximum absolute atomic E-state index is 15.0. The Hall–Kier alpha value is -2.90. The number of ether oxygens (including phenoxy) is 3. The molecule has 1 aliphatic rings. The summed E-state index contributed by atoms with van der Waals surface area (Å²) < 4.78 is 74.6. The molecule has 0 unspecified atom stereocenters. The van der Waals surface area contributed by atoms with E-state index in [4.69, 9.17) is 14.2 Å². The number of hydrogen-bond acceptors (Lipinski definition) is 3. The van der Waals surface area contributed by atoms with E-state index in [1.165, 1.54) is 12.1 Å². The van der Waals surface area contributed by atoms with Gasteiger partial charge in [0.2, 0.25) is 0 Å². The van der Waals surface area contributed by atoms with Gasteiger partial charge in [0.1, 0.15) is 12.4 Å². The zero-order chi connectivity index (χ0) is 25.7. The molecule has 3 nitrogen and oxygen atoms in total. The van der Waals surface area contributed by atoms with E-state index in [9.17, 15) is 17.6 Å². The molecule has 0 aromatic heterocycles. The van der Waals surface area contributed by atoms with E-state index in [2.05, 4.69) is 0 Å². The van der Waals surface area contributed by atoms with Gasteiger partial charge in [-0.05, 0) is 61.8 Å². The van der Waals surface area contributed by atoms with Gasteiger partial charge in [-0.15, -0.1) is 0 Å². The molecule has 1 fully saturated rings. The van der Waals surface area contributed by atoms with Crippen LogP contribution in [0.5, 0.6) is 5.75 Å². The van der Waals surface area contributed by atoms with Crippen LogP contribution in [-0.4, -0.2) is 19.8 Å². The lowest BCUT2D eigenvalue weighted by Crippen LogP contribution is -2.20. The Kier molecular flexibility index (Phi) is 8.64. The topological polar surface area (TPSA) is 27.7 Å². The summed E-state index contributed by atoms with van der Waals surface area (Å²) in [7, 11) is 1.68. The summed E-state index contributed by atoms with van der Waals surface area (Å²) in [5.41, 5.74) is 1.27. The predicted molar refractivity (Wildman–Crippen MR) is 130 cm³/mol. The van der Waals surface area contributed by atoms with Gasteiger partial charge in [0, 0.05) is 30.4 Å². The Morgan fingerprint density at radius 3 is 1.97 bits per heavy atom. The molecule has 0 aliphatic heterocycles. The largest absolute Gasteiger partial charge is 0.489 e. The van der Waals surface area contributed by atoms with Gasteiger partial charge in [0.25, 0.3) is 0 Å². The molecule has 0 radical (unpaired) electrons. The van der Waals surface area contributed by atoms with Crippen LogP contribution in [0, 0.1) is 23.3 Å². The molecule has 0 heterocycles. The Morgan fingerprint density at radius 2 is 1.36 bits per heavy atom. The molecule has 0 spiro atoms. The molecule has 1 saturated carbocycles. The molecular formula is C29H30F4O3. The molecule has 0 bridgehead atoms. The van der Waals surface area contributed by atoms with Gasteiger partial charge >= 0.3 is 0 Å². The van der Waals surface area contributed by atoms with Crippen molar-refractivity contribution in [2.75, 3.05) is 13.7 Å². The first-order valence-electron chi connectivity index (χ1n) is 12.2. The fraction of sp³-hybridized carbons (Fsp3) is 0.379. The van der Waals surface area contributed by atoms with Gasteiger partial charge in [0.15, 0.2) is 23.3 Å². The first-order valence-corrected chi connectivity index (χ1v) is 12.2. The number of hydrogen-bond donors (Lipinski definition) is 0. The number of halogens is 4. The van der Waals surface area contributed by atoms with Crippen molar-refractivity contribution in [3.8, 4) is 16.9 Å². The van der Waals surface area contributed by atoms with Crippen LogP contribution in [0.25, 0.3) is 11.1 Å². The first-order chi connectivity index (χ1) is 17.4. The zero-order valence-corrected chi connectivity index (χ0v) is 20.5. The van der Waals surface area contributed by atoms with Crippen LogP contribution in [0.2, 0.25) is 0 Å². The number of methoxy groups -OCH3 is 1. The van der Waals surface area contributed by atoms with E-state index in [0.717, 1.165) is 25.7 Å². The molecule has 3 aromatic rings. The van der Waals surface area contributed by atoms with E-state index in [-0.39, 0.29) is 41.9 Å². The highest BCUT2D eigenvalue weighted by Gasteiger charge is 2.26. The molecule has 192 valence electrons. The fourth-order valence-electron chi connectivity index (χ4n) is 4.67. The molecule has 3 aromatic carbocycles. The zero-order valence-electron chi connectivity index (χ0n) is 20.5. The highest BCUT2D eigenvalue weighted by atomic mass is 19.2. The average molecular weight is 503 g/mol. The van der Waals surface area contributed by atoms with Gasteiger partial charge in [0.05, 0.1) is 12.7 Å². The third-order valence-corrected chi connectivity index (χ3v) is 6.82. The Balaban J connectivity index is 1.43. The quantitative estimate of drug-likeness (QED) is 0.281. The molecule has 7 heteroatoms. The van der Waals surface area contributed by atoms with Gasteiger partial charge in [-0.2, -0.15) is 0 Å². The van der Waals surface area contributed by atoms with Crippen molar-refractivity contribution in [1.82, 2.24) is 0 Å². The average Bonchev–Trinajstić information content (AvgIpc) is 2.91. The summed E-state index contributed by atoms with van der Waals surface area (Å²) in [4.78, 5) is 0. The lowest BCUT2D eigenvalue weighted by molar-refractivity contribution is 0.0655. The second-order valence-electron chi connectivity index (χ2n) is 9.00. The van der Waals surface area contributed by atoms with E-state index < -0.39 is 23.3 Å². The second kappa shape index (κ2) is 11.9. The molecule has 0 amide bonds. The number of benzene rings is 3.